The zero-order chi connectivity index (χ0) is 68.4. The summed E-state index contributed by atoms with van der Waals surface area (Å²) in [4.78, 5) is 6.02. The standard InChI is InChI=1S/C94H93BN6/c1-93(2,3)68-40-48-84-78(54-68)76-50-60(58-96)38-46-82(76)98(84)70-42-44-80-86(56-70)100(91-72(63-26-14-8-15-27-63)34-22-35-73(91)64-28-16-9-17-29-64)88-52-67(62-24-12-7-13-25-62)53-89-90(88)95(80)81-45-43-71(99-83-47-39-61(59-97)51-77(83)79-55-69(94(4,5)6)41-49-85(79)99)57-87(81)101(89)92-74(65-30-18-10-19-31-65)36-23-37-75(92)66-32-20-11-21-33-66/h7-8,12-14,16,22,24-26,28-29,34-35,38-57,65-66,73-75,91-92H,9-11,15,17-21,23,27,30-33,36-37H2,1-6H3. The molecule has 4 unspecified atom stereocenters. The van der Waals surface area contributed by atoms with Crippen LogP contribution in [0.15, 0.2) is 223 Å². The van der Waals surface area contributed by atoms with Gasteiger partial charge in [0.1, 0.15) is 0 Å². The predicted molar refractivity (Wildman–Crippen MR) is 424 cm³/mol. The van der Waals surface area contributed by atoms with Crippen molar-refractivity contribution in [1.82, 2.24) is 9.13 Å². The van der Waals surface area contributed by atoms with Crippen LogP contribution < -0.4 is 26.2 Å². The summed E-state index contributed by atoms with van der Waals surface area (Å²) in [5, 5.41) is 25.7. The molecule has 6 nitrogen and oxygen atoms in total. The van der Waals surface area contributed by atoms with Gasteiger partial charge in [-0.05, 0) is 225 Å². The average molecular weight is 1320 g/mol. The lowest BCUT2D eigenvalue weighted by Crippen LogP contribution is -2.66. The topological polar surface area (TPSA) is 63.9 Å². The summed E-state index contributed by atoms with van der Waals surface area (Å²) in [6.07, 6.45) is 43.2. The van der Waals surface area contributed by atoms with Crippen molar-refractivity contribution >= 4 is 89.5 Å². The van der Waals surface area contributed by atoms with Gasteiger partial charge in [-0.3, -0.25) is 0 Å². The molecule has 4 heterocycles. The van der Waals surface area contributed by atoms with E-state index >= 15 is 0 Å². The van der Waals surface area contributed by atoms with Gasteiger partial charge in [0.2, 0.25) is 0 Å². The van der Waals surface area contributed by atoms with Gasteiger partial charge in [0, 0.05) is 67.6 Å². The minimum absolute atomic E-state index is 0.0464. The summed E-state index contributed by atoms with van der Waals surface area (Å²) in [7, 11) is 0. The van der Waals surface area contributed by atoms with Crippen LogP contribution in [0.3, 0.4) is 0 Å². The minimum Gasteiger partial charge on any atom is -0.339 e. The fourth-order valence-corrected chi connectivity index (χ4v) is 20.5. The molecule has 7 heteroatoms. The Bertz CT molecular complexity index is 5260. The second kappa shape index (κ2) is 25.2. The molecule has 4 atom stereocenters. The fourth-order valence-electron chi connectivity index (χ4n) is 20.5. The molecule has 0 radical (unpaired) electrons. The lowest BCUT2D eigenvalue weighted by molar-refractivity contribution is 0.0839. The highest BCUT2D eigenvalue weighted by Gasteiger charge is 2.52. The van der Waals surface area contributed by atoms with Gasteiger partial charge in [-0.1, -0.05) is 221 Å². The molecule has 3 saturated carbocycles. The van der Waals surface area contributed by atoms with Crippen LogP contribution in [-0.2, 0) is 10.8 Å². The first-order valence-electron chi connectivity index (χ1n) is 38.5. The van der Waals surface area contributed by atoms with Crippen LogP contribution in [0.4, 0.5) is 22.7 Å². The maximum absolute atomic E-state index is 10.6. The van der Waals surface area contributed by atoms with E-state index in [1.807, 2.05) is 12.1 Å². The van der Waals surface area contributed by atoms with Gasteiger partial charge in [0.25, 0.3) is 6.71 Å². The van der Waals surface area contributed by atoms with Crippen molar-refractivity contribution < 1.29 is 0 Å². The molecule has 0 amide bonds. The van der Waals surface area contributed by atoms with Gasteiger partial charge in [-0.2, -0.15) is 10.5 Å². The van der Waals surface area contributed by atoms with E-state index in [1.54, 1.807) is 0 Å². The number of aromatic nitrogens is 2. The highest BCUT2D eigenvalue weighted by molar-refractivity contribution is 7.00. The van der Waals surface area contributed by atoms with E-state index in [0.29, 0.717) is 34.8 Å². The van der Waals surface area contributed by atoms with Crippen LogP contribution in [-0.4, -0.2) is 27.9 Å². The molecule has 0 saturated heterocycles. The molecule has 0 bridgehead atoms. The van der Waals surface area contributed by atoms with Crippen LogP contribution in [0.2, 0.25) is 0 Å². The van der Waals surface area contributed by atoms with Gasteiger partial charge in [-0.25, -0.2) is 0 Å². The molecule has 101 heavy (non-hydrogen) atoms. The average Bonchev–Trinajstić information content (AvgIpc) is 0.979. The van der Waals surface area contributed by atoms with E-state index in [0.717, 1.165) is 64.4 Å². The SMILES string of the molecule is CC(C)(C)c1ccc2c(c1)c1cc(C#N)ccc1n2-c1ccc2c(c1)N(C1C(C3=CC=CCC3)=CC=CC1C1=CCCC=C1)c1cc(-c3ccccc3)cc3c1B2c1ccc(-n2c4ccc(C#N)cc4c4cc(C(C)(C)C)ccc42)cc1N3C1C(C2CCCCC2)CCCC1C1CCCCC1. The molecule has 2 aromatic heterocycles. The molecule has 18 rings (SSSR count). The molecule has 3 fully saturated rings. The Morgan fingerprint density at radius 1 is 0.465 bits per heavy atom. The van der Waals surface area contributed by atoms with Crippen LogP contribution >= 0.6 is 0 Å². The van der Waals surface area contributed by atoms with Crippen molar-refractivity contribution in [3.63, 3.8) is 0 Å². The Morgan fingerprint density at radius 2 is 1.01 bits per heavy atom. The maximum Gasteiger partial charge on any atom is 0.252 e. The van der Waals surface area contributed by atoms with E-state index in [1.165, 1.54) is 178 Å². The number of hydrogen-bond acceptors (Lipinski definition) is 4. The molecule has 8 aliphatic rings. The van der Waals surface area contributed by atoms with Gasteiger partial charge in [0.05, 0.1) is 51.4 Å². The third kappa shape index (κ3) is 10.8. The normalized spacial score (nSPS) is 21.7. The lowest BCUT2D eigenvalue weighted by Gasteiger charge is -2.55. The second-order valence-corrected chi connectivity index (χ2v) is 33.1. The highest BCUT2D eigenvalue weighted by atomic mass is 15.2. The van der Waals surface area contributed by atoms with Crippen molar-refractivity contribution in [3.05, 3.63) is 245 Å². The Labute approximate surface area is 598 Å². The Morgan fingerprint density at radius 3 is 1.53 bits per heavy atom. The number of fused-ring (bicyclic) bond motifs is 10. The van der Waals surface area contributed by atoms with Gasteiger partial charge in [-0.15, -0.1) is 0 Å². The van der Waals surface area contributed by atoms with Gasteiger partial charge < -0.3 is 18.9 Å². The lowest BCUT2D eigenvalue weighted by atomic mass is 9.33. The minimum atomic E-state index is -0.123. The molecule has 0 spiro atoms. The summed E-state index contributed by atoms with van der Waals surface area (Å²) < 4.78 is 5.05. The number of benzene rings is 8. The Balaban J connectivity index is 0.968. The summed E-state index contributed by atoms with van der Waals surface area (Å²) in [6.45, 7) is 13.7. The largest absolute Gasteiger partial charge is 0.339 e. The van der Waals surface area contributed by atoms with Crippen molar-refractivity contribution in [3.8, 4) is 34.6 Å². The molecule has 502 valence electrons. The molecule has 8 aromatic carbocycles. The first-order chi connectivity index (χ1) is 49.3. The molecule has 6 aliphatic carbocycles. The number of allylic oxidation sites excluding steroid dienone is 8. The zero-order valence-corrected chi connectivity index (χ0v) is 60.0. The molecule has 10 aromatic rings. The van der Waals surface area contributed by atoms with Crippen LogP contribution in [0.1, 0.15) is 173 Å². The van der Waals surface area contributed by atoms with Gasteiger partial charge >= 0.3 is 0 Å². The van der Waals surface area contributed by atoms with Crippen LogP contribution in [0.25, 0.3) is 66.1 Å². The van der Waals surface area contributed by atoms with E-state index in [4.69, 9.17) is 0 Å². The first-order valence-corrected chi connectivity index (χ1v) is 38.5. The van der Waals surface area contributed by atoms with Gasteiger partial charge in [0.15, 0.2) is 0 Å². The first kappa shape index (κ1) is 63.6. The Kier molecular flexibility index (Phi) is 15.9. The number of nitrogens with zero attached hydrogens (tertiary/aromatic N) is 6. The summed E-state index contributed by atoms with van der Waals surface area (Å²) in [5.74, 6) is 2.46. The summed E-state index contributed by atoms with van der Waals surface area (Å²) >= 11 is 0. The van der Waals surface area contributed by atoms with Crippen molar-refractivity contribution in [2.75, 3.05) is 9.80 Å². The van der Waals surface area contributed by atoms with E-state index < -0.39 is 0 Å². The molecule has 0 N–H and O–H groups in total. The van der Waals surface area contributed by atoms with E-state index in [-0.39, 0.29) is 35.5 Å². The van der Waals surface area contributed by atoms with Crippen LogP contribution in [0.5, 0.6) is 0 Å². The fraction of sp³-hybridized carbons (Fsp3) is 0.340. The maximum atomic E-state index is 10.6. The quantitative estimate of drug-likeness (QED) is 0.135. The Hall–Kier alpha value is -9.56. The summed E-state index contributed by atoms with van der Waals surface area (Å²) in [6, 6.07) is 64.3. The third-order valence-corrected chi connectivity index (χ3v) is 25.3. The summed E-state index contributed by atoms with van der Waals surface area (Å²) in [5.41, 5.74) is 26.7. The monoisotopic (exact) mass is 1320 g/mol. The predicted octanol–water partition coefficient (Wildman–Crippen LogP) is 22.3. The number of nitriles is 2. The third-order valence-electron chi connectivity index (χ3n) is 25.3. The molecular formula is C94H93BN6. The second-order valence-electron chi connectivity index (χ2n) is 33.1. The van der Waals surface area contributed by atoms with Crippen molar-refractivity contribution in [2.24, 2.45) is 29.6 Å². The number of anilines is 4. The highest BCUT2D eigenvalue weighted by Crippen LogP contribution is 2.55. The molecular weight excluding hydrogens is 1220 g/mol. The van der Waals surface area contributed by atoms with Crippen molar-refractivity contribution in [1.29, 1.82) is 10.5 Å². The van der Waals surface area contributed by atoms with Crippen molar-refractivity contribution in [2.45, 2.75) is 174 Å². The van der Waals surface area contributed by atoms with Crippen LogP contribution in [0, 0.1) is 52.3 Å². The number of rotatable bonds is 9. The smallest absolute Gasteiger partial charge is 0.252 e. The number of hydrogen-bond donors (Lipinski definition) is 0. The van der Waals surface area contributed by atoms with E-state index in [9.17, 15) is 10.5 Å². The zero-order valence-electron chi connectivity index (χ0n) is 60.0. The van der Waals surface area contributed by atoms with E-state index in [2.05, 4.69) is 267 Å². The molecule has 2 aliphatic heterocycles.